The minimum atomic E-state index is -3.52. The molecule has 1 atom stereocenters. The van der Waals surface area contributed by atoms with E-state index in [0.717, 1.165) is 5.56 Å². The van der Waals surface area contributed by atoms with E-state index in [0.29, 0.717) is 0 Å². The highest BCUT2D eigenvalue weighted by molar-refractivity contribution is 7.89. The molecule has 0 radical (unpaired) electrons. The SMILES string of the molecule is Cc1ccc(S(=O)(=O)NCC(O)C(C)C)cc1. The second kappa shape index (κ2) is 5.62. The summed E-state index contributed by atoms with van der Waals surface area (Å²) in [7, 11) is -3.52. The Balaban J connectivity index is 2.72. The number of aliphatic hydroxyl groups is 1. The van der Waals surface area contributed by atoms with Gasteiger partial charge in [0.25, 0.3) is 0 Å². The van der Waals surface area contributed by atoms with Gasteiger partial charge >= 0.3 is 0 Å². The molecule has 4 nitrogen and oxygen atoms in total. The molecule has 96 valence electrons. The Morgan fingerprint density at radius 2 is 1.76 bits per heavy atom. The monoisotopic (exact) mass is 257 g/mol. The average molecular weight is 257 g/mol. The maximum atomic E-state index is 11.8. The van der Waals surface area contributed by atoms with Gasteiger partial charge in [-0.2, -0.15) is 0 Å². The fraction of sp³-hybridized carbons (Fsp3) is 0.500. The normalized spacial score (nSPS) is 13.9. The molecule has 0 aliphatic heterocycles. The Morgan fingerprint density at radius 1 is 1.24 bits per heavy atom. The van der Waals surface area contributed by atoms with Crippen molar-refractivity contribution in [3.8, 4) is 0 Å². The number of sulfonamides is 1. The van der Waals surface area contributed by atoms with Crippen LogP contribution in [-0.4, -0.2) is 26.2 Å². The zero-order valence-electron chi connectivity index (χ0n) is 10.3. The highest BCUT2D eigenvalue weighted by Crippen LogP contribution is 2.10. The molecule has 2 N–H and O–H groups in total. The van der Waals surface area contributed by atoms with Crippen LogP contribution in [0, 0.1) is 12.8 Å². The van der Waals surface area contributed by atoms with E-state index in [-0.39, 0.29) is 17.4 Å². The van der Waals surface area contributed by atoms with E-state index in [2.05, 4.69) is 4.72 Å². The van der Waals surface area contributed by atoms with Gasteiger partial charge < -0.3 is 5.11 Å². The van der Waals surface area contributed by atoms with Crippen LogP contribution >= 0.6 is 0 Å². The van der Waals surface area contributed by atoms with Gasteiger partial charge in [0.05, 0.1) is 11.0 Å². The molecular formula is C12H19NO3S. The Morgan fingerprint density at radius 3 is 2.24 bits per heavy atom. The molecule has 0 aliphatic rings. The summed E-state index contributed by atoms with van der Waals surface area (Å²) in [6.07, 6.45) is -0.671. The van der Waals surface area contributed by atoms with Crippen LogP contribution in [0.5, 0.6) is 0 Å². The van der Waals surface area contributed by atoms with Crippen molar-refractivity contribution in [3.05, 3.63) is 29.8 Å². The Labute approximate surface area is 103 Å². The van der Waals surface area contributed by atoms with Crippen LogP contribution in [-0.2, 0) is 10.0 Å². The molecule has 1 unspecified atom stereocenters. The number of benzene rings is 1. The summed E-state index contributed by atoms with van der Waals surface area (Å²) in [4.78, 5) is 0.221. The van der Waals surface area contributed by atoms with Crippen molar-refractivity contribution in [2.45, 2.75) is 31.8 Å². The van der Waals surface area contributed by atoms with Gasteiger partial charge in [-0.1, -0.05) is 31.5 Å². The maximum Gasteiger partial charge on any atom is 0.240 e. The van der Waals surface area contributed by atoms with E-state index >= 15 is 0 Å². The van der Waals surface area contributed by atoms with Crippen molar-refractivity contribution >= 4 is 10.0 Å². The fourth-order valence-electron chi connectivity index (χ4n) is 1.23. The Bertz CT molecular complexity index is 451. The number of hydrogen-bond donors (Lipinski definition) is 2. The number of nitrogens with one attached hydrogen (secondary N) is 1. The summed E-state index contributed by atoms with van der Waals surface area (Å²) in [5.41, 5.74) is 1.01. The van der Waals surface area contributed by atoms with Gasteiger partial charge in [0, 0.05) is 6.54 Å². The zero-order chi connectivity index (χ0) is 13.1. The molecule has 0 aromatic heterocycles. The summed E-state index contributed by atoms with van der Waals surface area (Å²) in [6, 6.07) is 6.60. The predicted molar refractivity (Wildman–Crippen MR) is 67.2 cm³/mol. The smallest absolute Gasteiger partial charge is 0.240 e. The van der Waals surface area contributed by atoms with Crippen molar-refractivity contribution in [3.63, 3.8) is 0 Å². The third-order valence-electron chi connectivity index (χ3n) is 2.58. The predicted octanol–water partition coefficient (Wildman–Crippen LogP) is 1.29. The summed E-state index contributed by atoms with van der Waals surface area (Å²) in [5.74, 6) is 0.0238. The maximum absolute atomic E-state index is 11.8. The number of hydrogen-bond acceptors (Lipinski definition) is 3. The van der Waals surface area contributed by atoms with Gasteiger partial charge in [0.1, 0.15) is 0 Å². The molecular weight excluding hydrogens is 238 g/mol. The van der Waals surface area contributed by atoms with E-state index in [1.54, 1.807) is 24.3 Å². The van der Waals surface area contributed by atoms with Crippen LogP contribution < -0.4 is 4.72 Å². The third kappa shape index (κ3) is 4.11. The summed E-state index contributed by atoms with van der Waals surface area (Å²) < 4.78 is 26.1. The van der Waals surface area contributed by atoms with Crippen LogP contribution in [0.25, 0.3) is 0 Å². The third-order valence-corrected chi connectivity index (χ3v) is 4.02. The zero-order valence-corrected chi connectivity index (χ0v) is 11.2. The average Bonchev–Trinajstić information content (AvgIpc) is 2.26. The lowest BCUT2D eigenvalue weighted by molar-refractivity contribution is 0.129. The van der Waals surface area contributed by atoms with E-state index in [9.17, 15) is 13.5 Å². The van der Waals surface area contributed by atoms with Gasteiger partial charge in [-0.15, -0.1) is 0 Å². The fourth-order valence-corrected chi connectivity index (χ4v) is 2.28. The lowest BCUT2D eigenvalue weighted by Crippen LogP contribution is -2.34. The molecule has 1 aromatic carbocycles. The first-order valence-corrected chi connectivity index (χ1v) is 7.05. The van der Waals surface area contributed by atoms with Crippen molar-refractivity contribution in [1.82, 2.24) is 4.72 Å². The van der Waals surface area contributed by atoms with E-state index in [1.807, 2.05) is 20.8 Å². The van der Waals surface area contributed by atoms with Crippen LogP contribution in [0.2, 0.25) is 0 Å². The Kier molecular flexibility index (Phi) is 4.68. The van der Waals surface area contributed by atoms with E-state index < -0.39 is 16.1 Å². The summed E-state index contributed by atoms with van der Waals surface area (Å²) >= 11 is 0. The molecule has 5 heteroatoms. The van der Waals surface area contributed by atoms with E-state index in [1.165, 1.54) is 0 Å². The van der Waals surface area contributed by atoms with Crippen molar-refractivity contribution in [2.24, 2.45) is 5.92 Å². The van der Waals surface area contributed by atoms with Gasteiger partial charge in [0.15, 0.2) is 0 Å². The van der Waals surface area contributed by atoms with Crippen LogP contribution in [0.4, 0.5) is 0 Å². The van der Waals surface area contributed by atoms with Gasteiger partial charge in [-0.3, -0.25) is 0 Å². The minimum absolute atomic E-state index is 0.0238. The second-order valence-electron chi connectivity index (χ2n) is 4.48. The van der Waals surface area contributed by atoms with Crippen molar-refractivity contribution in [1.29, 1.82) is 0 Å². The van der Waals surface area contributed by atoms with Crippen LogP contribution in [0.1, 0.15) is 19.4 Å². The highest BCUT2D eigenvalue weighted by Gasteiger charge is 2.16. The number of aryl methyl sites for hydroxylation is 1. The molecule has 0 fully saturated rings. The first-order valence-electron chi connectivity index (χ1n) is 5.57. The largest absolute Gasteiger partial charge is 0.391 e. The first-order chi connectivity index (χ1) is 7.83. The molecule has 0 heterocycles. The topological polar surface area (TPSA) is 66.4 Å². The lowest BCUT2D eigenvalue weighted by atomic mass is 10.1. The van der Waals surface area contributed by atoms with Crippen LogP contribution in [0.3, 0.4) is 0 Å². The molecule has 0 aliphatic carbocycles. The van der Waals surface area contributed by atoms with E-state index in [4.69, 9.17) is 0 Å². The van der Waals surface area contributed by atoms with Crippen molar-refractivity contribution in [2.75, 3.05) is 6.54 Å². The molecule has 1 aromatic rings. The molecule has 0 amide bonds. The molecule has 0 saturated heterocycles. The van der Waals surface area contributed by atoms with Crippen molar-refractivity contribution < 1.29 is 13.5 Å². The van der Waals surface area contributed by atoms with Crippen LogP contribution in [0.15, 0.2) is 29.2 Å². The molecule has 17 heavy (non-hydrogen) atoms. The first kappa shape index (κ1) is 14.2. The Hall–Kier alpha value is -0.910. The number of rotatable bonds is 5. The summed E-state index contributed by atoms with van der Waals surface area (Å²) in [5, 5.41) is 9.55. The molecule has 0 saturated carbocycles. The summed E-state index contributed by atoms with van der Waals surface area (Å²) in [6.45, 7) is 5.61. The van der Waals surface area contributed by atoms with Gasteiger partial charge in [-0.05, 0) is 25.0 Å². The number of aliphatic hydroxyl groups excluding tert-OH is 1. The molecule has 0 spiro atoms. The highest BCUT2D eigenvalue weighted by atomic mass is 32.2. The minimum Gasteiger partial charge on any atom is -0.391 e. The molecule has 1 rings (SSSR count). The molecule has 0 bridgehead atoms. The quantitative estimate of drug-likeness (QED) is 0.835. The van der Waals surface area contributed by atoms with Gasteiger partial charge in [0.2, 0.25) is 10.0 Å². The second-order valence-corrected chi connectivity index (χ2v) is 6.24. The lowest BCUT2D eigenvalue weighted by Gasteiger charge is -2.15. The standard InChI is InChI=1S/C12H19NO3S/c1-9(2)12(14)8-13-17(15,16)11-6-4-10(3)5-7-11/h4-7,9,12-14H,8H2,1-3H3. The van der Waals surface area contributed by atoms with Gasteiger partial charge in [-0.25, -0.2) is 13.1 Å².